The highest BCUT2D eigenvalue weighted by Crippen LogP contribution is 2.33. The van der Waals surface area contributed by atoms with Gasteiger partial charge in [0.2, 0.25) is 0 Å². The first kappa shape index (κ1) is 13.8. The molecule has 0 heterocycles. The van der Waals surface area contributed by atoms with Gasteiger partial charge in [-0.2, -0.15) is 0 Å². The van der Waals surface area contributed by atoms with Gasteiger partial charge < -0.3 is 9.84 Å². The van der Waals surface area contributed by atoms with Crippen molar-refractivity contribution in [1.82, 2.24) is 0 Å². The lowest BCUT2D eigenvalue weighted by Crippen LogP contribution is -2.27. The molecule has 3 nitrogen and oxygen atoms in total. The van der Waals surface area contributed by atoms with Crippen molar-refractivity contribution in [2.24, 2.45) is 5.41 Å². The van der Waals surface area contributed by atoms with Crippen molar-refractivity contribution in [2.75, 3.05) is 7.11 Å². The second kappa shape index (κ2) is 4.92. The van der Waals surface area contributed by atoms with Gasteiger partial charge in [-0.05, 0) is 32.4 Å². The van der Waals surface area contributed by atoms with Gasteiger partial charge in [0, 0.05) is 5.56 Å². The lowest BCUT2D eigenvalue weighted by molar-refractivity contribution is -0.146. The first-order valence-corrected chi connectivity index (χ1v) is 5.41. The molecule has 0 atom stereocenters. The highest BCUT2D eigenvalue weighted by Gasteiger charge is 2.30. The molecule has 0 unspecified atom stereocenters. The Morgan fingerprint density at radius 3 is 2.59 bits per heavy atom. The van der Waals surface area contributed by atoms with E-state index < -0.39 is 17.2 Å². The standard InChI is InChI=1S/C12H14ClFO3/c1-12(2,11(15)16)6-7-9(17-3)5-4-8(13)10(7)14/h4-5H,6H2,1-3H3,(H,15,16). The average Bonchev–Trinajstić information content (AvgIpc) is 2.25. The van der Waals surface area contributed by atoms with Crippen LogP contribution in [0.3, 0.4) is 0 Å². The molecule has 5 heteroatoms. The summed E-state index contributed by atoms with van der Waals surface area (Å²) in [5, 5.41) is 8.99. The predicted molar refractivity (Wildman–Crippen MR) is 63.1 cm³/mol. The number of rotatable bonds is 4. The van der Waals surface area contributed by atoms with Crippen molar-refractivity contribution < 1.29 is 19.0 Å². The van der Waals surface area contributed by atoms with Crippen LogP contribution in [-0.2, 0) is 11.2 Å². The summed E-state index contributed by atoms with van der Waals surface area (Å²) in [6.07, 6.45) is 0.0118. The zero-order valence-corrected chi connectivity index (χ0v) is 10.6. The van der Waals surface area contributed by atoms with Gasteiger partial charge in [-0.15, -0.1) is 0 Å². The second-order valence-corrected chi connectivity index (χ2v) is 4.82. The van der Waals surface area contributed by atoms with E-state index in [2.05, 4.69) is 0 Å². The summed E-state index contributed by atoms with van der Waals surface area (Å²) in [6.45, 7) is 3.05. The normalized spacial score (nSPS) is 11.4. The zero-order valence-electron chi connectivity index (χ0n) is 9.88. The Bertz CT molecular complexity index is 444. The van der Waals surface area contributed by atoms with E-state index in [9.17, 15) is 9.18 Å². The highest BCUT2D eigenvalue weighted by molar-refractivity contribution is 6.30. The largest absolute Gasteiger partial charge is 0.496 e. The van der Waals surface area contributed by atoms with E-state index in [1.54, 1.807) is 0 Å². The van der Waals surface area contributed by atoms with Gasteiger partial charge in [0.25, 0.3) is 0 Å². The van der Waals surface area contributed by atoms with E-state index >= 15 is 0 Å². The molecule has 17 heavy (non-hydrogen) atoms. The van der Waals surface area contributed by atoms with Crippen molar-refractivity contribution in [3.8, 4) is 5.75 Å². The van der Waals surface area contributed by atoms with Crippen molar-refractivity contribution in [3.63, 3.8) is 0 Å². The summed E-state index contributed by atoms with van der Waals surface area (Å²) in [7, 11) is 1.40. The third-order valence-electron chi connectivity index (χ3n) is 2.57. The molecule has 0 amide bonds. The quantitative estimate of drug-likeness (QED) is 0.905. The fourth-order valence-corrected chi connectivity index (χ4v) is 1.63. The van der Waals surface area contributed by atoms with Crippen molar-refractivity contribution in [3.05, 3.63) is 28.5 Å². The third-order valence-corrected chi connectivity index (χ3v) is 2.86. The zero-order chi connectivity index (χ0) is 13.2. The average molecular weight is 261 g/mol. The number of benzene rings is 1. The number of carboxylic acids is 1. The van der Waals surface area contributed by atoms with E-state index in [0.717, 1.165) is 0 Å². The lowest BCUT2D eigenvalue weighted by atomic mass is 9.85. The van der Waals surface area contributed by atoms with Gasteiger partial charge in [-0.3, -0.25) is 4.79 Å². The molecule has 0 aliphatic heterocycles. The van der Waals surface area contributed by atoms with Gasteiger partial charge >= 0.3 is 5.97 Å². The maximum absolute atomic E-state index is 13.8. The van der Waals surface area contributed by atoms with Crippen LogP contribution in [0.15, 0.2) is 12.1 Å². The number of halogens is 2. The monoisotopic (exact) mass is 260 g/mol. The van der Waals surface area contributed by atoms with Crippen LogP contribution < -0.4 is 4.74 Å². The van der Waals surface area contributed by atoms with Crippen LogP contribution in [0.5, 0.6) is 5.75 Å². The topological polar surface area (TPSA) is 46.5 Å². The minimum absolute atomic E-state index is 0.0118. The van der Waals surface area contributed by atoms with Crippen LogP contribution in [0, 0.1) is 11.2 Å². The molecule has 0 spiro atoms. The predicted octanol–water partition coefficient (Wildman–Crippen LogP) is 3.14. The number of carboxylic acid groups (broad SMARTS) is 1. The lowest BCUT2D eigenvalue weighted by Gasteiger charge is -2.21. The maximum atomic E-state index is 13.8. The molecule has 1 rings (SSSR count). The first-order chi connectivity index (χ1) is 7.79. The Balaban J connectivity index is 3.21. The minimum atomic E-state index is -1.08. The molecule has 1 aromatic rings. The van der Waals surface area contributed by atoms with Crippen LogP contribution in [0.1, 0.15) is 19.4 Å². The Kier molecular flexibility index (Phi) is 3.98. The van der Waals surface area contributed by atoms with Crippen molar-refractivity contribution in [2.45, 2.75) is 20.3 Å². The van der Waals surface area contributed by atoms with Crippen LogP contribution in [0.4, 0.5) is 4.39 Å². The minimum Gasteiger partial charge on any atom is -0.496 e. The summed E-state index contributed by atoms with van der Waals surface area (Å²) in [5.41, 5.74) is -0.897. The van der Waals surface area contributed by atoms with Gasteiger partial charge in [0.1, 0.15) is 11.6 Å². The Morgan fingerprint density at radius 1 is 1.53 bits per heavy atom. The van der Waals surface area contributed by atoms with E-state index in [-0.39, 0.29) is 17.0 Å². The SMILES string of the molecule is COc1ccc(Cl)c(F)c1CC(C)(C)C(=O)O. The van der Waals surface area contributed by atoms with Gasteiger partial charge in [-0.25, -0.2) is 4.39 Å². The van der Waals surface area contributed by atoms with Crippen LogP contribution in [0.2, 0.25) is 5.02 Å². The molecule has 0 saturated heterocycles. The molecular formula is C12H14ClFO3. The van der Waals surface area contributed by atoms with E-state index in [0.29, 0.717) is 5.75 Å². The summed E-state index contributed by atoms with van der Waals surface area (Å²) < 4.78 is 18.9. The van der Waals surface area contributed by atoms with Gasteiger partial charge in [-0.1, -0.05) is 11.6 Å². The molecule has 0 bridgehead atoms. The van der Waals surface area contributed by atoms with Crippen LogP contribution >= 0.6 is 11.6 Å². The number of hydrogen-bond donors (Lipinski definition) is 1. The number of carbonyl (C=O) groups is 1. The molecule has 0 aliphatic rings. The Labute approximate surface area is 104 Å². The fourth-order valence-electron chi connectivity index (χ4n) is 1.45. The molecule has 0 aliphatic carbocycles. The summed E-state index contributed by atoms with van der Waals surface area (Å²) >= 11 is 5.67. The molecule has 94 valence electrons. The first-order valence-electron chi connectivity index (χ1n) is 5.04. The van der Waals surface area contributed by atoms with E-state index in [1.165, 1.54) is 33.1 Å². The molecule has 0 saturated carbocycles. The van der Waals surface area contributed by atoms with Crippen LogP contribution in [0.25, 0.3) is 0 Å². The maximum Gasteiger partial charge on any atom is 0.309 e. The number of hydrogen-bond acceptors (Lipinski definition) is 2. The molecule has 1 aromatic carbocycles. The molecule has 0 fully saturated rings. The summed E-state index contributed by atoms with van der Waals surface area (Å²) in [5.74, 6) is -1.32. The number of ether oxygens (including phenoxy) is 1. The number of methoxy groups -OCH3 is 1. The highest BCUT2D eigenvalue weighted by atomic mass is 35.5. The Hall–Kier alpha value is -1.29. The summed E-state index contributed by atoms with van der Waals surface area (Å²) in [6, 6.07) is 2.91. The van der Waals surface area contributed by atoms with E-state index in [4.69, 9.17) is 21.4 Å². The number of aliphatic carboxylic acids is 1. The molecule has 1 N–H and O–H groups in total. The Morgan fingerprint density at radius 2 is 2.12 bits per heavy atom. The molecule has 0 aromatic heterocycles. The summed E-state index contributed by atoms with van der Waals surface area (Å²) in [4.78, 5) is 11.0. The van der Waals surface area contributed by atoms with Crippen LogP contribution in [-0.4, -0.2) is 18.2 Å². The smallest absolute Gasteiger partial charge is 0.309 e. The molecule has 0 radical (unpaired) electrons. The fraction of sp³-hybridized carbons (Fsp3) is 0.417. The molecular weight excluding hydrogens is 247 g/mol. The van der Waals surface area contributed by atoms with Gasteiger partial charge in [0.15, 0.2) is 0 Å². The van der Waals surface area contributed by atoms with Gasteiger partial charge in [0.05, 0.1) is 17.5 Å². The third kappa shape index (κ3) is 2.88. The second-order valence-electron chi connectivity index (χ2n) is 4.41. The van der Waals surface area contributed by atoms with Crippen molar-refractivity contribution >= 4 is 17.6 Å². The van der Waals surface area contributed by atoms with E-state index in [1.807, 2.05) is 0 Å². The van der Waals surface area contributed by atoms with Crippen molar-refractivity contribution in [1.29, 1.82) is 0 Å².